The molecule has 9 nitrogen and oxygen atoms in total. The first-order chi connectivity index (χ1) is 13.5. The first-order valence-corrected chi connectivity index (χ1v) is 10.2. The third kappa shape index (κ3) is 13.1. The molecule has 0 radical (unpaired) electrons. The molecule has 0 amide bonds. The molecule has 2 fully saturated rings. The molecule has 0 aliphatic carbocycles. The molecule has 0 saturated carbocycles. The van der Waals surface area contributed by atoms with Crippen LogP contribution >= 0.6 is 0 Å². The van der Waals surface area contributed by atoms with Crippen LogP contribution in [0.2, 0.25) is 0 Å². The average Bonchev–Trinajstić information content (AvgIpc) is 2.59. The van der Waals surface area contributed by atoms with Gasteiger partial charge in [-0.3, -0.25) is 0 Å². The van der Waals surface area contributed by atoms with Crippen LogP contribution in [0.5, 0.6) is 0 Å². The molecule has 164 valence electrons. The summed E-state index contributed by atoms with van der Waals surface area (Å²) in [4.78, 5) is 0. The van der Waals surface area contributed by atoms with Crippen molar-refractivity contribution in [1.82, 2.24) is 10.6 Å². The van der Waals surface area contributed by atoms with Crippen molar-refractivity contribution in [3.05, 3.63) is 0 Å². The largest absolute Gasteiger partial charge is 0.640 e. The molecular formula is C17H38B2N2O7. The summed E-state index contributed by atoms with van der Waals surface area (Å²) in [6, 6.07) is 0. The number of rotatable bonds is 9. The van der Waals surface area contributed by atoms with Gasteiger partial charge in [-0.1, -0.05) is 6.92 Å². The van der Waals surface area contributed by atoms with E-state index in [1.165, 1.54) is 0 Å². The highest BCUT2D eigenvalue weighted by molar-refractivity contribution is 6.37. The summed E-state index contributed by atoms with van der Waals surface area (Å²) in [5, 5.41) is 6.16. The highest BCUT2D eigenvalue weighted by Gasteiger charge is 2.38. The smallest absolute Gasteiger partial charge is 0.385 e. The van der Waals surface area contributed by atoms with Gasteiger partial charge in [0, 0.05) is 32.4 Å². The van der Waals surface area contributed by atoms with Gasteiger partial charge in [-0.05, 0) is 40.8 Å². The monoisotopic (exact) mass is 404 g/mol. The Kier molecular flexibility index (Phi) is 14.4. The molecule has 2 rings (SSSR count). The fraction of sp³-hybridized carbons (Fsp3) is 1.00. The van der Waals surface area contributed by atoms with E-state index in [2.05, 4.69) is 31.4 Å². The van der Waals surface area contributed by atoms with Crippen molar-refractivity contribution in [3.8, 4) is 0 Å². The van der Waals surface area contributed by atoms with Gasteiger partial charge in [-0.25, -0.2) is 0 Å². The first kappa shape index (κ1) is 25.8. The Morgan fingerprint density at radius 3 is 2.25 bits per heavy atom. The van der Waals surface area contributed by atoms with Gasteiger partial charge in [0.15, 0.2) is 0 Å². The van der Waals surface area contributed by atoms with Crippen LogP contribution in [-0.4, -0.2) is 92.7 Å². The number of hydrogen-bond donors (Lipinski definition) is 2. The van der Waals surface area contributed by atoms with Gasteiger partial charge in [0.25, 0.3) is 0 Å². The lowest BCUT2D eigenvalue weighted by Crippen LogP contribution is -2.47. The molecule has 2 saturated heterocycles. The standard InChI is InChI=1S/C9H20BNO3.C8H18BNO4/c1-8-7-9(2,3)14-10(13-8)12-6-5-11-4;1-2-10-3-4-12-9-13-7-5-11-6-8-14-9/h8,11H,5-7H2,1-4H3;10H,2-8H2,1H3. The summed E-state index contributed by atoms with van der Waals surface area (Å²) >= 11 is 0. The molecular weight excluding hydrogens is 366 g/mol. The second-order valence-corrected chi connectivity index (χ2v) is 7.16. The first-order valence-electron chi connectivity index (χ1n) is 10.2. The topological polar surface area (TPSA) is 88.7 Å². The minimum absolute atomic E-state index is 0.151. The van der Waals surface area contributed by atoms with Gasteiger partial charge < -0.3 is 43.3 Å². The summed E-state index contributed by atoms with van der Waals surface area (Å²) in [6.45, 7) is 14.2. The van der Waals surface area contributed by atoms with Crippen molar-refractivity contribution in [2.24, 2.45) is 0 Å². The molecule has 2 aliphatic rings. The molecule has 1 unspecified atom stereocenters. The van der Waals surface area contributed by atoms with Crippen LogP contribution in [0, 0.1) is 0 Å². The third-order valence-electron chi connectivity index (χ3n) is 3.89. The van der Waals surface area contributed by atoms with Crippen LogP contribution < -0.4 is 10.6 Å². The molecule has 2 heterocycles. The predicted octanol–water partition coefficient (Wildman–Crippen LogP) is 0.472. The Bertz CT molecular complexity index is 375. The van der Waals surface area contributed by atoms with E-state index >= 15 is 0 Å². The lowest BCUT2D eigenvalue weighted by Gasteiger charge is -2.37. The maximum Gasteiger partial charge on any atom is 0.640 e. The normalized spacial score (nSPS) is 22.8. The van der Waals surface area contributed by atoms with Gasteiger partial charge in [0.1, 0.15) is 0 Å². The lowest BCUT2D eigenvalue weighted by atomic mass is 9.95. The van der Waals surface area contributed by atoms with Gasteiger partial charge in [0.2, 0.25) is 0 Å². The number of ether oxygens (including phenoxy) is 1. The molecule has 1 atom stereocenters. The minimum Gasteiger partial charge on any atom is -0.385 e. The summed E-state index contributed by atoms with van der Waals surface area (Å²) in [5.74, 6) is 0. The van der Waals surface area contributed by atoms with Crippen molar-refractivity contribution < 1.29 is 32.7 Å². The summed E-state index contributed by atoms with van der Waals surface area (Å²) < 4.78 is 37.6. The second kappa shape index (κ2) is 15.6. The lowest BCUT2D eigenvalue weighted by molar-refractivity contribution is -0.0684. The maximum atomic E-state index is 5.62. The molecule has 28 heavy (non-hydrogen) atoms. The Labute approximate surface area is 170 Å². The average molecular weight is 404 g/mol. The molecule has 2 aliphatic heterocycles. The molecule has 0 bridgehead atoms. The zero-order chi connectivity index (χ0) is 20.7. The highest BCUT2D eigenvalue weighted by Crippen LogP contribution is 2.25. The van der Waals surface area contributed by atoms with Crippen molar-refractivity contribution in [2.45, 2.75) is 45.8 Å². The van der Waals surface area contributed by atoms with Crippen molar-refractivity contribution in [3.63, 3.8) is 0 Å². The highest BCUT2D eigenvalue weighted by atomic mass is 16.8. The summed E-state index contributed by atoms with van der Waals surface area (Å²) in [5.41, 5.74) is -0.151. The Balaban J connectivity index is 0.000000280. The Hall–Kier alpha value is -0.230. The van der Waals surface area contributed by atoms with E-state index in [9.17, 15) is 0 Å². The van der Waals surface area contributed by atoms with Crippen molar-refractivity contribution >= 4 is 14.6 Å². The van der Waals surface area contributed by atoms with Crippen LogP contribution in [0.25, 0.3) is 0 Å². The fourth-order valence-electron chi connectivity index (χ4n) is 2.65. The quantitative estimate of drug-likeness (QED) is 0.421. The van der Waals surface area contributed by atoms with Gasteiger partial charge in [-0.15, -0.1) is 0 Å². The molecule has 0 aromatic rings. The van der Waals surface area contributed by atoms with Gasteiger partial charge in [0.05, 0.1) is 32.0 Å². The van der Waals surface area contributed by atoms with Crippen LogP contribution in [0.4, 0.5) is 0 Å². The molecule has 11 heteroatoms. The molecule has 0 spiro atoms. The maximum absolute atomic E-state index is 5.62. The molecule has 0 aromatic heterocycles. The van der Waals surface area contributed by atoms with Crippen LogP contribution in [0.15, 0.2) is 0 Å². The number of hydrogen-bond acceptors (Lipinski definition) is 9. The van der Waals surface area contributed by atoms with E-state index in [1.54, 1.807) is 0 Å². The van der Waals surface area contributed by atoms with E-state index < -0.39 is 14.6 Å². The van der Waals surface area contributed by atoms with E-state index in [1.807, 2.05) is 14.0 Å². The van der Waals surface area contributed by atoms with Crippen LogP contribution in [0.3, 0.4) is 0 Å². The predicted molar refractivity (Wildman–Crippen MR) is 109 cm³/mol. The summed E-state index contributed by atoms with van der Waals surface area (Å²) in [6.07, 6.45) is 1.09. The second-order valence-electron chi connectivity index (χ2n) is 7.16. The third-order valence-corrected chi connectivity index (χ3v) is 3.89. The van der Waals surface area contributed by atoms with E-state index in [4.69, 9.17) is 32.7 Å². The zero-order valence-corrected chi connectivity index (χ0v) is 18.2. The summed E-state index contributed by atoms with van der Waals surface area (Å²) in [7, 11) is 0.845. The van der Waals surface area contributed by atoms with Gasteiger partial charge in [-0.2, -0.15) is 0 Å². The SMILES string of the molecule is CCNCCOB1OCCOCCO1.CNCCOB1OC(C)CC(C)(C)O1. The molecule has 0 aromatic carbocycles. The molecule has 2 N–H and O–H groups in total. The van der Waals surface area contributed by atoms with E-state index in [-0.39, 0.29) is 11.7 Å². The Morgan fingerprint density at radius 2 is 1.64 bits per heavy atom. The number of likely N-dealkylation sites (N-methyl/N-ethyl adjacent to an activating group) is 2. The minimum atomic E-state index is -0.530. The van der Waals surface area contributed by atoms with Crippen molar-refractivity contribution in [1.29, 1.82) is 0 Å². The van der Waals surface area contributed by atoms with E-state index in [0.717, 1.165) is 26.1 Å². The van der Waals surface area contributed by atoms with Gasteiger partial charge >= 0.3 is 14.6 Å². The number of nitrogens with one attached hydrogen (secondary N) is 2. The van der Waals surface area contributed by atoms with Crippen LogP contribution in [0.1, 0.15) is 34.1 Å². The zero-order valence-electron chi connectivity index (χ0n) is 18.2. The van der Waals surface area contributed by atoms with Crippen molar-refractivity contribution in [2.75, 3.05) is 66.3 Å². The fourth-order valence-corrected chi connectivity index (χ4v) is 2.65. The van der Waals surface area contributed by atoms with Crippen LogP contribution in [-0.2, 0) is 32.7 Å². The van der Waals surface area contributed by atoms with E-state index in [0.29, 0.717) is 39.6 Å². The Morgan fingerprint density at radius 1 is 1.00 bits per heavy atom.